The van der Waals surface area contributed by atoms with Crippen LogP contribution < -0.4 is 11.3 Å². The number of hydrazine groups is 1. The first-order valence-corrected chi connectivity index (χ1v) is 8.26. The second-order valence-electron chi connectivity index (χ2n) is 5.27. The molecule has 6 nitrogen and oxygen atoms in total. The third-order valence-corrected chi connectivity index (χ3v) is 3.73. The molecule has 6 heteroatoms. The zero-order valence-corrected chi connectivity index (χ0v) is 13.6. The molecule has 0 atom stereocenters. The fraction of sp³-hybridized carbons (Fsp3) is 0.933. The highest BCUT2D eigenvalue weighted by atomic mass is 16.5. The highest BCUT2D eigenvalue weighted by molar-refractivity contribution is 5.79. The van der Waals surface area contributed by atoms with E-state index in [0.29, 0.717) is 19.3 Å². The minimum atomic E-state index is 0.395. The second kappa shape index (κ2) is 11.8. The molecule has 0 bridgehead atoms. The third kappa shape index (κ3) is 7.64. The molecule has 0 aromatic carbocycles. The summed E-state index contributed by atoms with van der Waals surface area (Å²) in [6.07, 6.45) is 6.19. The van der Waals surface area contributed by atoms with Gasteiger partial charge in [0.2, 0.25) is 5.96 Å². The van der Waals surface area contributed by atoms with Crippen molar-refractivity contribution in [2.75, 3.05) is 39.5 Å². The van der Waals surface area contributed by atoms with Crippen LogP contribution in [0.2, 0.25) is 0 Å². The maximum atomic E-state index is 5.70. The molecule has 0 unspecified atom stereocenters. The predicted molar refractivity (Wildman–Crippen MR) is 86.2 cm³/mol. The Labute approximate surface area is 129 Å². The largest absolute Gasteiger partial charge is 0.380 e. The Bertz CT molecular complexity index is 271. The highest BCUT2D eigenvalue weighted by Gasteiger charge is 2.16. The van der Waals surface area contributed by atoms with E-state index in [4.69, 9.17) is 20.3 Å². The van der Waals surface area contributed by atoms with Crippen molar-refractivity contribution < 1.29 is 9.47 Å². The van der Waals surface area contributed by atoms with Crippen LogP contribution in [-0.4, -0.2) is 56.4 Å². The Morgan fingerprint density at radius 1 is 1.10 bits per heavy atom. The van der Waals surface area contributed by atoms with Gasteiger partial charge in [-0.15, -0.1) is 0 Å². The van der Waals surface area contributed by atoms with Crippen LogP contribution in [0.15, 0.2) is 4.99 Å². The molecular formula is C15H32N4O2. The number of guanidine groups is 1. The van der Waals surface area contributed by atoms with E-state index in [2.05, 4.69) is 10.3 Å². The van der Waals surface area contributed by atoms with Crippen LogP contribution in [0.25, 0.3) is 0 Å². The van der Waals surface area contributed by atoms with Gasteiger partial charge in [-0.2, -0.15) is 0 Å². The summed E-state index contributed by atoms with van der Waals surface area (Å²) in [7, 11) is 0. The van der Waals surface area contributed by atoms with E-state index in [1.807, 2.05) is 13.8 Å². The maximum Gasteiger partial charge on any atom is 0.208 e. The lowest BCUT2D eigenvalue weighted by Crippen LogP contribution is -2.48. The van der Waals surface area contributed by atoms with Crippen molar-refractivity contribution in [3.8, 4) is 0 Å². The molecule has 0 aromatic rings. The van der Waals surface area contributed by atoms with Crippen LogP contribution in [0.1, 0.15) is 46.0 Å². The maximum absolute atomic E-state index is 5.70. The zero-order chi connectivity index (χ0) is 15.3. The smallest absolute Gasteiger partial charge is 0.208 e. The van der Waals surface area contributed by atoms with Gasteiger partial charge in [0.1, 0.15) is 0 Å². The monoisotopic (exact) mass is 300 g/mol. The molecule has 0 aromatic heterocycles. The lowest BCUT2D eigenvalue weighted by Gasteiger charge is -2.27. The standard InChI is InChI=1S/C15H32N4O2/c1-3-20-12-10-19(11-13-21-4-2)15(18-16)17-14-8-6-5-7-9-14/h14H,3-13,16H2,1-2H3,(H,17,18). The summed E-state index contributed by atoms with van der Waals surface area (Å²) in [6.45, 7) is 8.36. The van der Waals surface area contributed by atoms with Crippen molar-refractivity contribution in [2.45, 2.75) is 52.0 Å². The lowest BCUT2D eigenvalue weighted by atomic mass is 9.96. The Kier molecular flexibility index (Phi) is 10.2. The SMILES string of the molecule is CCOCCN(CCOCC)C(=NC1CCCCC1)NN. The summed E-state index contributed by atoms with van der Waals surface area (Å²) in [4.78, 5) is 6.93. The molecule has 3 N–H and O–H groups in total. The van der Waals surface area contributed by atoms with Crippen molar-refractivity contribution in [3.05, 3.63) is 0 Å². The van der Waals surface area contributed by atoms with Gasteiger partial charge in [-0.05, 0) is 26.7 Å². The third-order valence-electron chi connectivity index (χ3n) is 3.73. The normalized spacial score (nSPS) is 17.0. The number of nitrogens with zero attached hydrogens (tertiary/aromatic N) is 2. The van der Waals surface area contributed by atoms with Crippen molar-refractivity contribution in [1.29, 1.82) is 0 Å². The molecule has 21 heavy (non-hydrogen) atoms. The summed E-state index contributed by atoms with van der Waals surface area (Å²) < 4.78 is 10.9. The Balaban J connectivity index is 2.58. The van der Waals surface area contributed by atoms with E-state index in [0.717, 1.165) is 45.1 Å². The van der Waals surface area contributed by atoms with Crippen molar-refractivity contribution >= 4 is 5.96 Å². The van der Waals surface area contributed by atoms with Crippen molar-refractivity contribution in [1.82, 2.24) is 10.3 Å². The summed E-state index contributed by atoms with van der Waals surface area (Å²) in [6, 6.07) is 0.395. The van der Waals surface area contributed by atoms with E-state index in [-0.39, 0.29) is 0 Å². The number of nitrogens with one attached hydrogen (secondary N) is 1. The molecule has 0 heterocycles. The molecule has 0 aliphatic heterocycles. The topological polar surface area (TPSA) is 72.1 Å². The molecular weight excluding hydrogens is 268 g/mol. The fourth-order valence-electron chi connectivity index (χ4n) is 2.56. The Hall–Kier alpha value is -0.850. The molecule has 1 saturated carbocycles. The van der Waals surface area contributed by atoms with E-state index in [1.54, 1.807) is 0 Å². The van der Waals surface area contributed by atoms with Crippen LogP contribution >= 0.6 is 0 Å². The van der Waals surface area contributed by atoms with Crippen LogP contribution in [0.3, 0.4) is 0 Å². The van der Waals surface area contributed by atoms with Crippen molar-refractivity contribution in [2.24, 2.45) is 10.8 Å². The summed E-state index contributed by atoms with van der Waals surface area (Å²) in [5.74, 6) is 6.46. The number of ether oxygens (including phenoxy) is 2. The van der Waals surface area contributed by atoms with Gasteiger partial charge in [-0.25, -0.2) is 10.8 Å². The minimum absolute atomic E-state index is 0.395. The molecule has 0 spiro atoms. The van der Waals surface area contributed by atoms with Gasteiger partial charge in [0, 0.05) is 26.3 Å². The summed E-state index contributed by atoms with van der Waals surface area (Å²) in [5.41, 5.74) is 2.77. The number of hydrogen-bond donors (Lipinski definition) is 2. The Morgan fingerprint density at radius 3 is 2.14 bits per heavy atom. The number of nitrogens with two attached hydrogens (primary N) is 1. The second-order valence-corrected chi connectivity index (χ2v) is 5.27. The average Bonchev–Trinajstić information content (AvgIpc) is 2.52. The summed E-state index contributed by atoms with van der Waals surface area (Å²) >= 11 is 0. The van der Waals surface area contributed by atoms with Crippen LogP contribution in [-0.2, 0) is 9.47 Å². The van der Waals surface area contributed by atoms with Gasteiger partial charge in [0.15, 0.2) is 0 Å². The van der Waals surface area contributed by atoms with Gasteiger partial charge in [-0.3, -0.25) is 5.43 Å². The fourth-order valence-corrected chi connectivity index (χ4v) is 2.56. The number of rotatable bonds is 9. The molecule has 1 aliphatic rings. The molecule has 1 fully saturated rings. The first-order chi connectivity index (χ1) is 10.3. The van der Waals surface area contributed by atoms with Crippen LogP contribution in [0.5, 0.6) is 0 Å². The molecule has 124 valence electrons. The average molecular weight is 300 g/mol. The summed E-state index contributed by atoms with van der Waals surface area (Å²) in [5, 5.41) is 0. The number of aliphatic imine (C=N–C) groups is 1. The van der Waals surface area contributed by atoms with Crippen LogP contribution in [0.4, 0.5) is 0 Å². The molecule has 0 radical (unpaired) electrons. The van der Waals surface area contributed by atoms with Crippen molar-refractivity contribution in [3.63, 3.8) is 0 Å². The molecule has 0 amide bonds. The number of hydrogen-bond acceptors (Lipinski definition) is 4. The van der Waals surface area contributed by atoms with Gasteiger partial charge in [0.05, 0.1) is 19.3 Å². The molecule has 1 aliphatic carbocycles. The zero-order valence-electron chi connectivity index (χ0n) is 13.6. The lowest BCUT2D eigenvalue weighted by molar-refractivity contribution is 0.105. The van der Waals surface area contributed by atoms with E-state index < -0.39 is 0 Å². The molecule has 0 saturated heterocycles. The van der Waals surface area contributed by atoms with Gasteiger partial charge >= 0.3 is 0 Å². The quantitative estimate of drug-likeness (QED) is 0.222. The Morgan fingerprint density at radius 2 is 1.67 bits per heavy atom. The highest BCUT2D eigenvalue weighted by Crippen LogP contribution is 2.20. The van der Waals surface area contributed by atoms with E-state index in [9.17, 15) is 0 Å². The molecule has 1 rings (SSSR count). The minimum Gasteiger partial charge on any atom is -0.380 e. The predicted octanol–water partition coefficient (Wildman–Crippen LogP) is 1.51. The van der Waals surface area contributed by atoms with Crippen LogP contribution in [0, 0.1) is 0 Å². The van der Waals surface area contributed by atoms with Gasteiger partial charge < -0.3 is 14.4 Å². The van der Waals surface area contributed by atoms with Gasteiger partial charge in [0.25, 0.3) is 0 Å². The van der Waals surface area contributed by atoms with E-state index in [1.165, 1.54) is 19.3 Å². The first-order valence-electron chi connectivity index (χ1n) is 8.26. The van der Waals surface area contributed by atoms with E-state index >= 15 is 0 Å². The van der Waals surface area contributed by atoms with Gasteiger partial charge in [-0.1, -0.05) is 19.3 Å². The first kappa shape index (κ1) is 18.2.